The molecule has 2 fully saturated rings. The summed E-state index contributed by atoms with van der Waals surface area (Å²) in [6.45, 7) is -0.110. The molecular formula is C20H19F2N3O4S. The lowest BCUT2D eigenvalue weighted by molar-refractivity contribution is -0.116. The van der Waals surface area contributed by atoms with E-state index in [1.54, 1.807) is 30.3 Å². The Kier molecular flexibility index (Phi) is 5.29. The zero-order valence-corrected chi connectivity index (χ0v) is 16.7. The van der Waals surface area contributed by atoms with E-state index in [0.29, 0.717) is 5.69 Å². The average molecular weight is 435 g/mol. The number of anilines is 1. The molecule has 2 aromatic rings. The van der Waals surface area contributed by atoms with Crippen LogP contribution < -0.4 is 4.90 Å². The van der Waals surface area contributed by atoms with Crippen molar-refractivity contribution in [3.05, 3.63) is 60.2 Å². The van der Waals surface area contributed by atoms with E-state index in [9.17, 15) is 26.8 Å². The maximum atomic E-state index is 14.0. The second-order valence-corrected chi connectivity index (χ2v) is 9.04. The number of hydrogen-bond donors (Lipinski definition) is 0. The highest BCUT2D eigenvalue weighted by Gasteiger charge is 2.43. The molecular weight excluding hydrogens is 416 g/mol. The van der Waals surface area contributed by atoms with Gasteiger partial charge in [-0.15, -0.1) is 0 Å². The number of rotatable bonds is 4. The standard InChI is InChI=1S/C20H19F2N3O4S/c21-16-7-4-8-17(22)19(16)30(28,29)23-11-9-14(10-12-23)24-13-18(26)25(20(24)27)15-5-2-1-3-6-15/h1-8,14H,9-13H2. The van der Waals surface area contributed by atoms with Crippen molar-refractivity contribution in [2.75, 3.05) is 24.5 Å². The Balaban J connectivity index is 1.48. The third-order valence-corrected chi connectivity index (χ3v) is 7.34. The number of hydrogen-bond acceptors (Lipinski definition) is 4. The molecule has 0 atom stereocenters. The van der Waals surface area contributed by atoms with E-state index in [1.807, 2.05) is 0 Å². The largest absolute Gasteiger partial charge is 0.332 e. The van der Waals surface area contributed by atoms with E-state index < -0.39 is 32.6 Å². The van der Waals surface area contributed by atoms with Crippen LogP contribution >= 0.6 is 0 Å². The summed E-state index contributed by atoms with van der Waals surface area (Å²) in [4.78, 5) is 26.8. The van der Waals surface area contributed by atoms with Gasteiger partial charge in [0, 0.05) is 19.1 Å². The molecule has 4 rings (SSSR count). The van der Waals surface area contributed by atoms with E-state index in [0.717, 1.165) is 27.4 Å². The second-order valence-electron chi connectivity index (χ2n) is 7.16. The van der Waals surface area contributed by atoms with E-state index in [2.05, 4.69) is 0 Å². The number of piperidine rings is 1. The van der Waals surface area contributed by atoms with Gasteiger partial charge in [-0.05, 0) is 37.1 Å². The Morgan fingerprint density at radius 2 is 1.47 bits per heavy atom. The predicted molar refractivity (Wildman–Crippen MR) is 104 cm³/mol. The average Bonchev–Trinajstić information content (AvgIpc) is 3.02. The van der Waals surface area contributed by atoms with Gasteiger partial charge in [-0.1, -0.05) is 24.3 Å². The summed E-state index contributed by atoms with van der Waals surface area (Å²) in [6.07, 6.45) is 0.522. The normalized spacial score (nSPS) is 19.0. The monoisotopic (exact) mass is 435 g/mol. The van der Waals surface area contributed by atoms with Gasteiger partial charge in [0.2, 0.25) is 10.0 Å². The van der Waals surface area contributed by atoms with E-state index >= 15 is 0 Å². The fraction of sp³-hybridized carbons (Fsp3) is 0.300. The smallest absolute Gasteiger partial charge is 0.312 e. The highest BCUT2D eigenvalue weighted by Crippen LogP contribution is 2.29. The minimum Gasteiger partial charge on any atom is -0.312 e. The molecule has 2 aliphatic rings. The maximum absolute atomic E-state index is 14.0. The van der Waals surface area contributed by atoms with Crippen LogP contribution in [0.3, 0.4) is 0 Å². The molecule has 2 aromatic carbocycles. The van der Waals surface area contributed by atoms with E-state index in [4.69, 9.17) is 0 Å². The first kappa shape index (κ1) is 20.4. The van der Waals surface area contributed by atoms with Crippen molar-refractivity contribution < 1.29 is 26.8 Å². The summed E-state index contributed by atoms with van der Waals surface area (Å²) >= 11 is 0. The molecule has 0 N–H and O–H groups in total. The van der Waals surface area contributed by atoms with Gasteiger partial charge in [0.1, 0.15) is 18.2 Å². The van der Waals surface area contributed by atoms with Crippen molar-refractivity contribution in [2.24, 2.45) is 0 Å². The molecule has 3 amide bonds. The Morgan fingerprint density at radius 1 is 0.867 bits per heavy atom. The molecule has 0 spiro atoms. The first-order valence-electron chi connectivity index (χ1n) is 9.43. The van der Waals surface area contributed by atoms with Crippen LogP contribution in [0, 0.1) is 11.6 Å². The topological polar surface area (TPSA) is 78.0 Å². The number of imide groups is 1. The molecule has 7 nitrogen and oxygen atoms in total. The van der Waals surface area contributed by atoms with Crippen molar-refractivity contribution >= 4 is 27.6 Å². The number of nitrogens with zero attached hydrogens (tertiary/aromatic N) is 3. The first-order valence-corrected chi connectivity index (χ1v) is 10.9. The number of carbonyl (C=O) groups is 2. The molecule has 0 saturated carbocycles. The van der Waals surface area contributed by atoms with Crippen molar-refractivity contribution in [1.29, 1.82) is 0 Å². The van der Waals surface area contributed by atoms with Crippen LogP contribution in [0.15, 0.2) is 53.4 Å². The molecule has 2 saturated heterocycles. The van der Waals surface area contributed by atoms with Crippen molar-refractivity contribution in [1.82, 2.24) is 9.21 Å². The fourth-order valence-electron chi connectivity index (χ4n) is 3.89. The van der Waals surface area contributed by atoms with E-state index in [1.165, 1.54) is 4.90 Å². The van der Waals surface area contributed by atoms with Crippen LogP contribution in [0.4, 0.5) is 19.3 Å². The molecule has 10 heteroatoms. The second kappa shape index (κ2) is 7.77. The number of carbonyl (C=O) groups excluding carboxylic acids is 2. The zero-order chi connectivity index (χ0) is 21.5. The highest BCUT2D eigenvalue weighted by molar-refractivity contribution is 7.89. The van der Waals surface area contributed by atoms with Crippen LogP contribution in [0.5, 0.6) is 0 Å². The number of benzene rings is 2. The van der Waals surface area contributed by atoms with Gasteiger partial charge < -0.3 is 4.90 Å². The lowest BCUT2D eigenvalue weighted by Crippen LogP contribution is -2.48. The third kappa shape index (κ3) is 3.46. The minimum atomic E-state index is -4.35. The van der Waals surface area contributed by atoms with Gasteiger partial charge >= 0.3 is 6.03 Å². The Labute approximate surface area is 172 Å². The number of sulfonamides is 1. The fourth-order valence-corrected chi connectivity index (χ4v) is 5.47. The molecule has 158 valence electrons. The number of halogens is 2. The minimum absolute atomic E-state index is 0.00984. The first-order chi connectivity index (χ1) is 14.3. The van der Waals surface area contributed by atoms with Crippen LogP contribution in [-0.2, 0) is 14.8 Å². The quantitative estimate of drug-likeness (QED) is 0.692. The SMILES string of the molecule is O=C1CN(C2CCN(S(=O)(=O)c3c(F)cccc3F)CC2)C(=O)N1c1ccccc1. The molecule has 30 heavy (non-hydrogen) atoms. The Hall–Kier alpha value is -2.85. The number of amides is 3. The number of para-hydroxylation sites is 1. The molecule has 0 aliphatic carbocycles. The molecule has 0 radical (unpaired) electrons. The summed E-state index contributed by atoms with van der Waals surface area (Å²) in [5.74, 6) is -2.64. The number of urea groups is 1. The summed E-state index contributed by atoms with van der Waals surface area (Å²) in [5.41, 5.74) is 0.477. The van der Waals surface area contributed by atoms with Gasteiger partial charge in [-0.3, -0.25) is 4.79 Å². The summed E-state index contributed by atoms with van der Waals surface area (Å²) in [6, 6.07) is 10.7. The zero-order valence-electron chi connectivity index (χ0n) is 15.9. The van der Waals surface area contributed by atoms with Gasteiger partial charge in [-0.25, -0.2) is 26.9 Å². The Morgan fingerprint density at radius 3 is 2.07 bits per heavy atom. The summed E-state index contributed by atoms with van der Waals surface area (Å²) in [7, 11) is -4.35. The van der Waals surface area contributed by atoms with E-state index in [-0.39, 0.29) is 44.4 Å². The van der Waals surface area contributed by atoms with Gasteiger partial charge in [0.05, 0.1) is 5.69 Å². The van der Waals surface area contributed by atoms with Gasteiger partial charge in [0.25, 0.3) is 5.91 Å². The molecule has 2 heterocycles. The van der Waals surface area contributed by atoms with Crippen molar-refractivity contribution in [3.8, 4) is 0 Å². The van der Waals surface area contributed by atoms with Gasteiger partial charge in [0.15, 0.2) is 4.90 Å². The lowest BCUT2D eigenvalue weighted by Gasteiger charge is -2.35. The summed E-state index contributed by atoms with van der Waals surface area (Å²) < 4.78 is 54.4. The van der Waals surface area contributed by atoms with Crippen LogP contribution in [0.1, 0.15) is 12.8 Å². The third-order valence-electron chi connectivity index (χ3n) is 5.39. The van der Waals surface area contributed by atoms with Gasteiger partial charge in [-0.2, -0.15) is 4.31 Å². The van der Waals surface area contributed by atoms with Crippen LogP contribution in [0.2, 0.25) is 0 Å². The maximum Gasteiger partial charge on any atom is 0.332 e. The molecule has 0 bridgehead atoms. The highest BCUT2D eigenvalue weighted by atomic mass is 32.2. The molecule has 0 aromatic heterocycles. The Bertz CT molecular complexity index is 1070. The summed E-state index contributed by atoms with van der Waals surface area (Å²) in [5, 5.41) is 0. The van der Waals surface area contributed by atoms with Crippen molar-refractivity contribution in [3.63, 3.8) is 0 Å². The van der Waals surface area contributed by atoms with Crippen LogP contribution in [0.25, 0.3) is 0 Å². The predicted octanol–water partition coefficient (Wildman–Crippen LogP) is 2.59. The molecule has 0 unspecified atom stereocenters. The lowest BCUT2D eigenvalue weighted by atomic mass is 10.1. The van der Waals surface area contributed by atoms with Crippen molar-refractivity contribution in [2.45, 2.75) is 23.8 Å². The molecule has 2 aliphatic heterocycles. The van der Waals surface area contributed by atoms with Crippen LogP contribution in [-0.4, -0.2) is 55.2 Å².